The smallest absolute Gasteiger partial charge is 0.0108 e. The van der Waals surface area contributed by atoms with E-state index in [1.54, 1.807) is 0 Å². The van der Waals surface area contributed by atoms with Gasteiger partial charge in [-0.3, -0.25) is 0 Å². The standard InChI is InChI=1S/C12H17N/c13-12-9-5-4-8-11(12)10-6-2-1-3-7-10/h1-3,6-7,11-12H,4-5,8-9,13H2/t11?,12-/m0/s1. The summed E-state index contributed by atoms with van der Waals surface area (Å²) in [6.45, 7) is 0. The highest BCUT2D eigenvalue weighted by Crippen LogP contribution is 2.31. The van der Waals surface area contributed by atoms with Crippen LogP contribution >= 0.6 is 0 Å². The third kappa shape index (κ3) is 1.92. The van der Waals surface area contributed by atoms with Crippen molar-refractivity contribution in [2.75, 3.05) is 0 Å². The Morgan fingerprint density at radius 3 is 2.38 bits per heavy atom. The third-order valence-corrected chi connectivity index (χ3v) is 3.05. The largest absolute Gasteiger partial charge is 0.327 e. The van der Waals surface area contributed by atoms with Crippen molar-refractivity contribution in [1.82, 2.24) is 0 Å². The van der Waals surface area contributed by atoms with E-state index in [9.17, 15) is 0 Å². The Labute approximate surface area is 80.0 Å². The normalized spacial score (nSPS) is 28.7. The first-order valence-corrected chi connectivity index (χ1v) is 5.18. The van der Waals surface area contributed by atoms with Crippen LogP contribution in [0.25, 0.3) is 0 Å². The number of hydrogen-bond donors (Lipinski definition) is 1. The molecule has 0 saturated heterocycles. The molecule has 1 fully saturated rings. The van der Waals surface area contributed by atoms with Crippen LogP contribution in [-0.2, 0) is 0 Å². The second kappa shape index (κ2) is 3.93. The lowest BCUT2D eigenvalue weighted by Gasteiger charge is -2.28. The Hall–Kier alpha value is -0.820. The van der Waals surface area contributed by atoms with E-state index in [0.29, 0.717) is 12.0 Å². The minimum atomic E-state index is 0.385. The first-order valence-electron chi connectivity index (χ1n) is 5.18. The number of hydrogen-bond acceptors (Lipinski definition) is 1. The molecule has 1 saturated carbocycles. The minimum Gasteiger partial charge on any atom is -0.327 e. The average Bonchev–Trinajstić information content (AvgIpc) is 2.20. The van der Waals surface area contributed by atoms with E-state index in [-0.39, 0.29) is 0 Å². The summed E-state index contributed by atoms with van der Waals surface area (Å²) < 4.78 is 0. The van der Waals surface area contributed by atoms with Gasteiger partial charge in [-0.05, 0) is 24.3 Å². The van der Waals surface area contributed by atoms with E-state index in [0.717, 1.165) is 0 Å². The van der Waals surface area contributed by atoms with Crippen LogP contribution in [0.3, 0.4) is 0 Å². The fourth-order valence-electron chi connectivity index (χ4n) is 2.27. The molecule has 0 aliphatic heterocycles. The maximum Gasteiger partial charge on any atom is 0.0108 e. The van der Waals surface area contributed by atoms with Gasteiger partial charge in [0.1, 0.15) is 0 Å². The molecule has 1 unspecified atom stereocenters. The molecule has 0 radical (unpaired) electrons. The Morgan fingerprint density at radius 2 is 1.69 bits per heavy atom. The van der Waals surface area contributed by atoms with Crippen molar-refractivity contribution in [2.45, 2.75) is 37.6 Å². The molecule has 2 N–H and O–H groups in total. The highest BCUT2D eigenvalue weighted by molar-refractivity contribution is 5.21. The van der Waals surface area contributed by atoms with Gasteiger partial charge in [0.25, 0.3) is 0 Å². The van der Waals surface area contributed by atoms with Gasteiger partial charge < -0.3 is 5.73 Å². The number of benzene rings is 1. The molecule has 0 aromatic heterocycles. The molecule has 0 bridgehead atoms. The fourth-order valence-corrected chi connectivity index (χ4v) is 2.27. The van der Waals surface area contributed by atoms with Crippen LogP contribution in [0.5, 0.6) is 0 Å². The molecule has 2 rings (SSSR count). The van der Waals surface area contributed by atoms with E-state index in [1.165, 1.54) is 31.2 Å². The molecule has 1 aromatic rings. The van der Waals surface area contributed by atoms with E-state index in [2.05, 4.69) is 30.3 Å². The molecular weight excluding hydrogens is 158 g/mol. The zero-order valence-corrected chi connectivity index (χ0v) is 7.95. The molecule has 1 aromatic carbocycles. The van der Waals surface area contributed by atoms with E-state index in [1.807, 2.05) is 0 Å². The lowest BCUT2D eigenvalue weighted by molar-refractivity contribution is 0.385. The van der Waals surface area contributed by atoms with Crippen molar-refractivity contribution in [3.05, 3.63) is 35.9 Å². The van der Waals surface area contributed by atoms with Crippen LogP contribution in [-0.4, -0.2) is 6.04 Å². The first-order chi connectivity index (χ1) is 6.38. The van der Waals surface area contributed by atoms with Crippen LogP contribution in [0.2, 0.25) is 0 Å². The van der Waals surface area contributed by atoms with Gasteiger partial charge in [-0.1, -0.05) is 43.2 Å². The molecule has 1 heteroatoms. The molecule has 1 nitrogen and oxygen atoms in total. The van der Waals surface area contributed by atoms with Crippen LogP contribution in [0.4, 0.5) is 0 Å². The Bertz CT molecular complexity index is 255. The second-order valence-electron chi connectivity index (χ2n) is 3.97. The van der Waals surface area contributed by atoms with Crippen molar-refractivity contribution >= 4 is 0 Å². The quantitative estimate of drug-likeness (QED) is 0.697. The predicted octanol–water partition coefficient (Wildman–Crippen LogP) is 2.67. The van der Waals surface area contributed by atoms with Gasteiger partial charge in [-0.25, -0.2) is 0 Å². The SMILES string of the molecule is N[C@H]1CCCCC1c1ccccc1. The lowest BCUT2D eigenvalue weighted by atomic mass is 9.80. The maximum absolute atomic E-state index is 6.11. The van der Waals surface area contributed by atoms with Crippen molar-refractivity contribution in [2.24, 2.45) is 5.73 Å². The van der Waals surface area contributed by atoms with Crippen molar-refractivity contribution in [3.8, 4) is 0 Å². The van der Waals surface area contributed by atoms with Gasteiger partial charge in [0.15, 0.2) is 0 Å². The average molecular weight is 175 g/mol. The summed E-state index contributed by atoms with van der Waals surface area (Å²) in [6.07, 6.45) is 5.11. The molecule has 0 amide bonds. The van der Waals surface area contributed by atoms with Gasteiger partial charge in [0.05, 0.1) is 0 Å². The molecule has 1 aliphatic carbocycles. The summed E-state index contributed by atoms with van der Waals surface area (Å²) >= 11 is 0. The van der Waals surface area contributed by atoms with Gasteiger partial charge in [0, 0.05) is 6.04 Å². The van der Waals surface area contributed by atoms with Gasteiger partial charge in [0.2, 0.25) is 0 Å². The monoisotopic (exact) mass is 175 g/mol. The lowest BCUT2D eigenvalue weighted by Crippen LogP contribution is -2.31. The highest BCUT2D eigenvalue weighted by Gasteiger charge is 2.22. The first kappa shape index (κ1) is 8.76. The van der Waals surface area contributed by atoms with Gasteiger partial charge >= 0.3 is 0 Å². The number of nitrogens with two attached hydrogens (primary N) is 1. The van der Waals surface area contributed by atoms with E-state index in [4.69, 9.17) is 5.73 Å². The highest BCUT2D eigenvalue weighted by atomic mass is 14.7. The maximum atomic E-state index is 6.11. The minimum absolute atomic E-state index is 0.385. The predicted molar refractivity (Wildman–Crippen MR) is 55.6 cm³/mol. The summed E-state index contributed by atoms with van der Waals surface area (Å²) in [7, 11) is 0. The van der Waals surface area contributed by atoms with Gasteiger partial charge in [-0.15, -0.1) is 0 Å². The topological polar surface area (TPSA) is 26.0 Å². The van der Waals surface area contributed by atoms with Crippen LogP contribution < -0.4 is 5.73 Å². The van der Waals surface area contributed by atoms with Crippen LogP contribution in [0, 0.1) is 0 Å². The van der Waals surface area contributed by atoms with Crippen LogP contribution in [0.1, 0.15) is 37.2 Å². The zero-order chi connectivity index (χ0) is 9.10. The molecule has 0 spiro atoms. The summed E-state index contributed by atoms with van der Waals surface area (Å²) in [4.78, 5) is 0. The molecule has 70 valence electrons. The summed E-state index contributed by atoms with van der Waals surface area (Å²) in [5.41, 5.74) is 7.54. The molecule has 13 heavy (non-hydrogen) atoms. The number of rotatable bonds is 1. The third-order valence-electron chi connectivity index (χ3n) is 3.05. The molecule has 0 heterocycles. The molecule has 1 aliphatic rings. The Kier molecular flexibility index (Phi) is 2.65. The van der Waals surface area contributed by atoms with Crippen molar-refractivity contribution in [1.29, 1.82) is 0 Å². The molecular formula is C12H17N. The summed E-state index contributed by atoms with van der Waals surface area (Å²) in [6, 6.07) is 11.1. The fraction of sp³-hybridized carbons (Fsp3) is 0.500. The van der Waals surface area contributed by atoms with Gasteiger partial charge in [-0.2, -0.15) is 0 Å². The Morgan fingerprint density at radius 1 is 1.00 bits per heavy atom. The summed E-state index contributed by atoms with van der Waals surface area (Å²) in [5.74, 6) is 0.606. The Balaban J connectivity index is 2.15. The van der Waals surface area contributed by atoms with Crippen LogP contribution in [0.15, 0.2) is 30.3 Å². The molecule has 2 atom stereocenters. The van der Waals surface area contributed by atoms with Crippen molar-refractivity contribution < 1.29 is 0 Å². The second-order valence-corrected chi connectivity index (χ2v) is 3.97. The summed E-state index contributed by atoms with van der Waals surface area (Å²) in [5, 5.41) is 0. The van der Waals surface area contributed by atoms with E-state index < -0.39 is 0 Å². The van der Waals surface area contributed by atoms with E-state index >= 15 is 0 Å². The van der Waals surface area contributed by atoms with Crippen molar-refractivity contribution in [3.63, 3.8) is 0 Å². The zero-order valence-electron chi connectivity index (χ0n) is 7.95.